The number of halogens is 1. The number of para-hydroxylation sites is 1. The molecule has 0 fully saturated rings. The van der Waals surface area contributed by atoms with Crippen molar-refractivity contribution in [2.24, 2.45) is 0 Å². The maximum Gasteiger partial charge on any atom is 0.258 e. The highest BCUT2D eigenvalue weighted by molar-refractivity contribution is 9.10. The van der Waals surface area contributed by atoms with Crippen molar-refractivity contribution >= 4 is 15.9 Å². The summed E-state index contributed by atoms with van der Waals surface area (Å²) in [6, 6.07) is 12.3. The highest BCUT2D eigenvalue weighted by Crippen LogP contribution is 2.36. The lowest BCUT2D eigenvalue weighted by atomic mass is 10.0. The molecule has 1 aliphatic heterocycles. The zero-order valence-corrected chi connectivity index (χ0v) is 13.4. The molecule has 0 bridgehead atoms. The Bertz CT molecular complexity index is 982. The highest BCUT2D eigenvalue weighted by atomic mass is 79.9. The predicted octanol–water partition coefficient (Wildman–Crippen LogP) is 3.60. The minimum atomic E-state index is -0.265. The normalized spacial score (nSPS) is 12.2. The second-order valence-electron chi connectivity index (χ2n) is 5.25. The van der Waals surface area contributed by atoms with E-state index in [1.165, 1.54) is 0 Å². The minimum Gasteiger partial charge on any atom is -0.507 e. The maximum absolute atomic E-state index is 12.4. The van der Waals surface area contributed by atoms with Gasteiger partial charge in [0.2, 0.25) is 5.88 Å². The third kappa shape index (κ3) is 2.41. The molecule has 0 spiro atoms. The number of fused-ring (bicyclic) bond motifs is 2. The molecule has 0 unspecified atom stereocenters. The third-order valence-corrected chi connectivity index (χ3v) is 4.23. The van der Waals surface area contributed by atoms with Crippen LogP contribution >= 0.6 is 15.9 Å². The molecule has 23 heavy (non-hydrogen) atoms. The topological polar surface area (TPSA) is 75.2 Å². The van der Waals surface area contributed by atoms with Gasteiger partial charge in [-0.1, -0.05) is 28.1 Å². The van der Waals surface area contributed by atoms with E-state index < -0.39 is 0 Å². The Morgan fingerprint density at radius 2 is 2.04 bits per heavy atom. The molecule has 0 atom stereocenters. The van der Waals surface area contributed by atoms with Crippen LogP contribution in [-0.2, 0) is 6.42 Å². The van der Waals surface area contributed by atoms with Gasteiger partial charge >= 0.3 is 0 Å². The number of ether oxygens (including phenoxy) is 1. The standard InChI is InChI=1S/C17H11BrN2O3/c18-10-5-6-14-9(7-10)8-12-16(22)19-15(20-17(12)23-14)11-3-1-2-4-13(11)21/h1-7,21H,8H2,(H,19,20,22). The molecule has 2 N–H and O–H groups in total. The molecule has 5 nitrogen and oxygen atoms in total. The van der Waals surface area contributed by atoms with Gasteiger partial charge in [0.25, 0.3) is 5.56 Å². The van der Waals surface area contributed by atoms with Crippen molar-refractivity contribution in [2.75, 3.05) is 0 Å². The van der Waals surface area contributed by atoms with Crippen LogP contribution in [0.2, 0.25) is 0 Å². The molecule has 0 saturated carbocycles. The summed E-state index contributed by atoms with van der Waals surface area (Å²) in [5.74, 6) is 1.30. The Hall–Kier alpha value is -2.60. The van der Waals surface area contributed by atoms with Gasteiger partial charge in [0.1, 0.15) is 17.3 Å². The van der Waals surface area contributed by atoms with Gasteiger partial charge in [0.15, 0.2) is 0 Å². The molecule has 114 valence electrons. The van der Waals surface area contributed by atoms with Crippen molar-refractivity contribution in [2.45, 2.75) is 6.42 Å². The Labute approximate surface area is 139 Å². The zero-order valence-electron chi connectivity index (χ0n) is 11.8. The number of rotatable bonds is 1. The summed E-state index contributed by atoms with van der Waals surface area (Å²) in [6.45, 7) is 0. The lowest BCUT2D eigenvalue weighted by Gasteiger charge is -2.19. The van der Waals surface area contributed by atoms with Crippen LogP contribution in [0.15, 0.2) is 51.7 Å². The molecule has 1 aromatic heterocycles. The SMILES string of the molecule is O=c1[nH]c(-c2ccccc2O)nc2c1Cc1cc(Br)ccc1O2. The Balaban J connectivity index is 1.85. The molecule has 3 aromatic rings. The van der Waals surface area contributed by atoms with E-state index in [-0.39, 0.29) is 23.0 Å². The summed E-state index contributed by atoms with van der Waals surface area (Å²) in [6.07, 6.45) is 0.452. The van der Waals surface area contributed by atoms with Crippen LogP contribution in [-0.4, -0.2) is 15.1 Å². The van der Waals surface area contributed by atoms with Crippen LogP contribution < -0.4 is 10.3 Å². The van der Waals surface area contributed by atoms with Crippen molar-refractivity contribution in [3.8, 4) is 28.8 Å². The average molecular weight is 371 g/mol. The summed E-state index contributed by atoms with van der Waals surface area (Å²) >= 11 is 3.41. The van der Waals surface area contributed by atoms with Crippen LogP contribution in [0.4, 0.5) is 0 Å². The fraction of sp³-hybridized carbons (Fsp3) is 0.0588. The van der Waals surface area contributed by atoms with E-state index in [0.29, 0.717) is 23.3 Å². The number of nitrogens with zero attached hydrogens (tertiary/aromatic N) is 1. The zero-order chi connectivity index (χ0) is 16.0. The average Bonchev–Trinajstić information content (AvgIpc) is 2.54. The van der Waals surface area contributed by atoms with Gasteiger partial charge in [-0.3, -0.25) is 4.79 Å². The van der Waals surface area contributed by atoms with E-state index in [9.17, 15) is 9.90 Å². The smallest absolute Gasteiger partial charge is 0.258 e. The van der Waals surface area contributed by atoms with Gasteiger partial charge in [-0.2, -0.15) is 4.98 Å². The summed E-state index contributed by atoms with van der Waals surface area (Å²) in [5.41, 5.74) is 1.60. The molecule has 0 saturated heterocycles. The molecular formula is C17H11BrN2O3. The van der Waals surface area contributed by atoms with Crippen LogP contribution in [0.5, 0.6) is 17.4 Å². The Kier molecular flexibility index (Phi) is 3.20. The van der Waals surface area contributed by atoms with Crippen LogP contribution in [0, 0.1) is 0 Å². The first-order valence-corrected chi connectivity index (χ1v) is 7.79. The third-order valence-electron chi connectivity index (χ3n) is 3.73. The monoisotopic (exact) mass is 370 g/mol. The van der Waals surface area contributed by atoms with E-state index in [0.717, 1.165) is 10.0 Å². The van der Waals surface area contributed by atoms with Crippen molar-refractivity contribution in [3.63, 3.8) is 0 Å². The molecule has 0 aliphatic carbocycles. The van der Waals surface area contributed by atoms with E-state index >= 15 is 0 Å². The first-order valence-electron chi connectivity index (χ1n) is 6.99. The van der Waals surface area contributed by atoms with Gasteiger partial charge in [-0.05, 0) is 30.3 Å². The maximum atomic E-state index is 12.4. The van der Waals surface area contributed by atoms with E-state index in [1.807, 2.05) is 18.2 Å². The fourth-order valence-corrected chi connectivity index (χ4v) is 3.01. The Morgan fingerprint density at radius 3 is 2.87 bits per heavy atom. The summed E-state index contributed by atoms with van der Waals surface area (Å²) in [4.78, 5) is 19.5. The second-order valence-corrected chi connectivity index (χ2v) is 6.16. The van der Waals surface area contributed by atoms with Crippen molar-refractivity contribution < 1.29 is 9.84 Å². The van der Waals surface area contributed by atoms with Gasteiger partial charge < -0.3 is 14.8 Å². The number of nitrogens with one attached hydrogen (secondary N) is 1. The lowest BCUT2D eigenvalue weighted by molar-refractivity contribution is 0.437. The van der Waals surface area contributed by atoms with Crippen molar-refractivity contribution in [3.05, 3.63) is 68.4 Å². The predicted molar refractivity (Wildman–Crippen MR) is 89.0 cm³/mol. The van der Waals surface area contributed by atoms with Crippen LogP contribution in [0.3, 0.4) is 0 Å². The molecule has 0 amide bonds. The largest absolute Gasteiger partial charge is 0.507 e. The number of aromatic hydroxyl groups is 1. The van der Waals surface area contributed by atoms with Crippen LogP contribution in [0.25, 0.3) is 11.4 Å². The first kappa shape index (κ1) is 14.0. The summed E-state index contributed by atoms with van der Waals surface area (Å²) < 4.78 is 6.71. The number of aromatic nitrogens is 2. The van der Waals surface area contributed by atoms with Gasteiger partial charge in [-0.25, -0.2) is 0 Å². The summed E-state index contributed by atoms with van der Waals surface area (Å²) in [5, 5.41) is 9.94. The number of phenolic OH excluding ortho intramolecular Hbond substituents is 1. The molecule has 0 radical (unpaired) electrons. The summed E-state index contributed by atoms with van der Waals surface area (Å²) in [7, 11) is 0. The Morgan fingerprint density at radius 1 is 1.22 bits per heavy atom. The van der Waals surface area contributed by atoms with Crippen molar-refractivity contribution in [1.82, 2.24) is 9.97 Å². The van der Waals surface area contributed by atoms with Gasteiger partial charge in [-0.15, -0.1) is 0 Å². The lowest BCUT2D eigenvalue weighted by Crippen LogP contribution is -2.20. The quantitative estimate of drug-likeness (QED) is 0.536. The van der Waals surface area contributed by atoms with Crippen LogP contribution in [0.1, 0.15) is 11.1 Å². The number of aromatic amines is 1. The number of hydrogen-bond acceptors (Lipinski definition) is 4. The molecule has 2 heterocycles. The molecule has 4 rings (SSSR count). The molecule has 1 aliphatic rings. The minimum absolute atomic E-state index is 0.0516. The van der Waals surface area contributed by atoms with Gasteiger partial charge in [0.05, 0.1) is 11.1 Å². The second kappa shape index (κ2) is 5.24. The van der Waals surface area contributed by atoms with E-state index in [2.05, 4.69) is 25.9 Å². The van der Waals surface area contributed by atoms with E-state index in [1.54, 1.807) is 24.3 Å². The van der Waals surface area contributed by atoms with Crippen molar-refractivity contribution in [1.29, 1.82) is 0 Å². The number of benzene rings is 2. The molecular weight excluding hydrogens is 360 g/mol. The number of hydrogen-bond donors (Lipinski definition) is 2. The van der Waals surface area contributed by atoms with Gasteiger partial charge in [0, 0.05) is 16.5 Å². The first-order chi connectivity index (χ1) is 11.1. The van der Waals surface area contributed by atoms with E-state index in [4.69, 9.17) is 4.74 Å². The number of phenols is 1. The molecule has 2 aromatic carbocycles. The number of H-pyrrole nitrogens is 1. The fourth-order valence-electron chi connectivity index (χ4n) is 2.60. The highest BCUT2D eigenvalue weighted by Gasteiger charge is 2.23. The molecule has 6 heteroatoms.